The molecule has 0 atom stereocenters. The van der Waals surface area contributed by atoms with Gasteiger partial charge in [-0.25, -0.2) is 4.98 Å². The van der Waals surface area contributed by atoms with Gasteiger partial charge >= 0.3 is 0 Å². The van der Waals surface area contributed by atoms with Crippen LogP contribution in [-0.2, 0) is 27.5 Å². The molecule has 3 heterocycles. The fourth-order valence-corrected chi connectivity index (χ4v) is 6.13. The number of nitrogen functional groups attached to an aromatic ring is 1. The number of carbonyl (C=O) groups is 3. The number of benzene rings is 1. The Morgan fingerprint density at radius 3 is 2.43 bits per heavy atom. The second kappa shape index (κ2) is 13.1. The number of piperidine rings is 1. The van der Waals surface area contributed by atoms with E-state index in [0.29, 0.717) is 29.7 Å². The lowest BCUT2D eigenvalue weighted by Gasteiger charge is -2.39. The molecule has 2 aromatic heterocycles. The number of amides is 2. The van der Waals surface area contributed by atoms with Crippen molar-refractivity contribution in [2.75, 3.05) is 18.0 Å². The van der Waals surface area contributed by atoms with Crippen LogP contribution >= 0.6 is 0 Å². The van der Waals surface area contributed by atoms with Crippen molar-refractivity contribution in [3.05, 3.63) is 54.1 Å². The van der Waals surface area contributed by atoms with E-state index in [4.69, 9.17) is 16.1 Å². The van der Waals surface area contributed by atoms with Crippen molar-refractivity contribution >= 4 is 40.2 Å². The van der Waals surface area contributed by atoms with Crippen LogP contribution in [0, 0.1) is 5.41 Å². The Hall–Kier alpha value is -4.28. The number of amidine groups is 1. The number of nitrogens with two attached hydrogens (primary N) is 1. The Morgan fingerprint density at radius 2 is 1.76 bits per heavy atom. The number of rotatable bonds is 10. The zero-order valence-electron chi connectivity index (χ0n) is 24.2. The highest BCUT2D eigenvalue weighted by Gasteiger charge is 2.32. The van der Waals surface area contributed by atoms with E-state index in [2.05, 4.69) is 15.2 Å². The van der Waals surface area contributed by atoms with Gasteiger partial charge in [-0.05, 0) is 56.0 Å². The highest BCUT2D eigenvalue weighted by Crippen LogP contribution is 2.26. The summed E-state index contributed by atoms with van der Waals surface area (Å²) in [5.41, 5.74) is 8.66. The van der Waals surface area contributed by atoms with E-state index in [0.717, 1.165) is 50.0 Å². The fraction of sp³-hybridized carbons (Fsp3) is 0.484. The van der Waals surface area contributed by atoms with E-state index in [1.54, 1.807) is 36.4 Å². The van der Waals surface area contributed by atoms with Gasteiger partial charge in [0.15, 0.2) is 0 Å². The smallest absolute Gasteiger partial charge is 0.290 e. The lowest BCUT2D eigenvalue weighted by atomic mass is 9.95. The van der Waals surface area contributed by atoms with Crippen molar-refractivity contribution < 1.29 is 14.4 Å². The number of fused-ring (bicyclic) bond motifs is 1. The Labute approximate surface area is 246 Å². The standard InChI is InChI=1S/C31H40N8O3/c1-2-27(40)31(42)38(24-12-16-37(17-13-24)23-10-14-34-15-11-23)19-28-36-25-18-21(30(32)33)8-9-26(25)39(28)20-29(41)35-22-6-4-3-5-7-22/h8-11,14-15,18,22,24H,2-7,12-13,16-17,19-20H2,1H3,(H3,32,33)(H,35,41). The van der Waals surface area contributed by atoms with Gasteiger partial charge in [0.05, 0.1) is 17.6 Å². The predicted molar refractivity (Wildman–Crippen MR) is 161 cm³/mol. The van der Waals surface area contributed by atoms with Crippen LogP contribution in [0.25, 0.3) is 11.0 Å². The van der Waals surface area contributed by atoms with E-state index >= 15 is 0 Å². The zero-order chi connectivity index (χ0) is 29.6. The van der Waals surface area contributed by atoms with Gasteiger partial charge in [0.1, 0.15) is 18.2 Å². The first-order valence-corrected chi connectivity index (χ1v) is 15.0. The first-order chi connectivity index (χ1) is 20.3. The minimum atomic E-state index is -0.519. The minimum absolute atomic E-state index is 0.0476. The summed E-state index contributed by atoms with van der Waals surface area (Å²) >= 11 is 0. The average Bonchev–Trinajstić information content (AvgIpc) is 3.35. The summed E-state index contributed by atoms with van der Waals surface area (Å²) in [4.78, 5) is 52.3. The molecule has 0 bridgehead atoms. The molecular weight excluding hydrogens is 532 g/mol. The third-order valence-corrected chi connectivity index (χ3v) is 8.48. The van der Waals surface area contributed by atoms with Gasteiger partial charge in [-0.3, -0.25) is 24.8 Å². The molecule has 0 radical (unpaired) electrons. The SMILES string of the molecule is CCC(=O)C(=O)N(Cc1nc2cc(C(=N)N)ccc2n1CC(=O)NC1CCCCC1)C1CCN(c2ccncc2)CC1. The molecule has 3 aromatic rings. The first-order valence-electron chi connectivity index (χ1n) is 15.0. The summed E-state index contributed by atoms with van der Waals surface area (Å²) in [5.74, 6) is -0.614. The lowest BCUT2D eigenvalue weighted by Crippen LogP contribution is -2.49. The molecule has 11 nitrogen and oxygen atoms in total. The van der Waals surface area contributed by atoms with Crippen molar-refractivity contribution in [1.29, 1.82) is 5.41 Å². The summed E-state index contributed by atoms with van der Waals surface area (Å²) < 4.78 is 1.83. The van der Waals surface area contributed by atoms with Crippen LogP contribution in [0.4, 0.5) is 5.69 Å². The maximum atomic E-state index is 13.5. The summed E-state index contributed by atoms with van der Waals surface area (Å²) in [6.45, 7) is 3.32. The Morgan fingerprint density at radius 1 is 1.05 bits per heavy atom. The Bertz CT molecular complexity index is 1440. The highest BCUT2D eigenvalue weighted by molar-refractivity contribution is 6.36. The number of hydrogen-bond donors (Lipinski definition) is 3. The molecule has 0 spiro atoms. The highest BCUT2D eigenvalue weighted by atomic mass is 16.2. The maximum Gasteiger partial charge on any atom is 0.290 e. The molecule has 1 aromatic carbocycles. The summed E-state index contributed by atoms with van der Waals surface area (Å²) in [6, 6.07) is 9.24. The molecule has 4 N–H and O–H groups in total. The van der Waals surface area contributed by atoms with Crippen LogP contribution in [0.2, 0.25) is 0 Å². The molecule has 2 amide bonds. The van der Waals surface area contributed by atoms with E-state index in [-0.39, 0.29) is 43.3 Å². The fourth-order valence-electron chi connectivity index (χ4n) is 6.13. The maximum absolute atomic E-state index is 13.5. The van der Waals surface area contributed by atoms with Gasteiger partial charge in [-0.1, -0.05) is 26.2 Å². The van der Waals surface area contributed by atoms with Crippen molar-refractivity contribution in [1.82, 2.24) is 24.8 Å². The largest absolute Gasteiger partial charge is 0.384 e. The summed E-state index contributed by atoms with van der Waals surface area (Å²) in [7, 11) is 0. The van der Waals surface area contributed by atoms with Crippen LogP contribution in [-0.4, -0.2) is 68.0 Å². The number of aromatic nitrogens is 3. The molecule has 2 fully saturated rings. The molecule has 0 unspecified atom stereocenters. The van der Waals surface area contributed by atoms with E-state index in [1.807, 2.05) is 22.8 Å². The van der Waals surface area contributed by atoms with Gasteiger partial charge in [0.2, 0.25) is 11.7 Å². The third-order valence-electron chi connectivity index (χ3n) is 8.48. The van der Waals surface area contributed by atoms with Crippen molar-refractivity contribution in [2.24, 2.45) is 5.73 Å². The molecule has 5 rings (SSSR count). The van der Waals surface area contributed by atoms with E-state index < -0.39 is 11.7 Å². The number of nitrogens with one attached hydrogen (secondary N) is 2. The van der Waals surface area contributed by atoms with Gasteiger partial charge in [-0.2, -0.15) is 0 Å². The van der Waals surface area contributed by atoms with Gasteiger partial charge in [-0.15, -0.1) is 0 Å². The number of carbonyl (C=O) groups excluding carboxylic acids is 3. The minimum Gasteiger partial charge on any atom is -0.384 e. The Kier molecular flexibility index (Phi) is 9.14. The lowest BCUT2D eigenvalue weighted by molar-refractivity contribution is -0.147. The number of anilines is 1. The number of hydrogen-bond acceptors (Lipinski definition) is 7. The second-order valence-corrected chi connectivity index (χ2v) is 11.3. The molecule has 222 valence electrons. The molecule has 2 aliphatic rings. The van der Waals surface area contributed by atoms with E-state index in [1.165, 1.54) is 6.42 Å². The second-order valence-electron chi connectivity index (χ2n) is 11.3. The first kappa shape index (κ1) is 29.2. The Balaban J connectivity index is 1.43. The topological polar surface area (TPSA) is 150 Å². The molecular formula is C31H40N8O3. The van der Waals surface area contributed by atoms with Crippen molar-refractivity contribution in [3.8, 4) is 0 Å². The van der Waals surface area contributed by atoms with Crippen LogP contribution in [0.5, 0.6) is 0 Å². The van der Waals surface area contributed by atoms with Gasteiger partial charge in [0.25, 0.3) is 5.91 Å². The molecule has 1 aliphatic heterocycles. The number of ketones is 1. The number of Topliss-reactive ketones (excluding diaryl/α,β-unsaturated/α-hetero) is 1. The number of pyridine rings is 1. The van der Waals surface area contributed by atoms with Crippen LogP contribution in [0.15, 0.2) is 42.7 Å². The molecule has 11 heteroatoms. The van der Waals surface area contributed by atoms with Crippen LogP contribution in [0.3, 0.4) is 0 Å². The quantitative estimate of drug-likeness (QED) is 0.192. The molecule has 1 saturated carbocycles. The van der Waals surface area contributed by atoms with Gasteiger partial charge < -0.3 is 25.4 Å². The van der Waals surface area contributed by atoms with E-state index in [9.17, 15) is 14.4 Å². The predicted octanol–water partition coefficient (Wildman–Crippen LogP) is 3.14. The van der Waals surface area contributed by atoms with Crippen molar-refractivity contribution in [2.45, 2.75) is 83.5 Å². The molecule has 42 heavy (non-hydrogen) atoms. The molecule has 1 saturated heterocycles. The zero-order valence-corrected chi connectivity index (χ0v) is 24.2. The summed E-state index contributed by atoms with van der Waals surface area (Å²) in [5, 5.41) is 11.0. The van der Waals surface area contributed by atoms with Crippen LogP contribution < -0.4 is 16.0 Å². The third kappa shape index (κ3) is 6.61. The number of nitrogens with zero attached hydrogens (tertiary/aromatic N) is 5. The molecule has 1 aliphatic carbocycles. The summed E-state index contributed by atoms with van der Waals surface area (Å²) in [6.07, 6.45) is 10.4. The normalized spacial score (nSPS) is 16.4. The van der Waals surface area contributed by atoms with Crippen molar-refractivity contribution in [3.63, 3.8) is 0 Å². The van der Waals surface area contributed by atoms with Gasteiger partial charge in [0, 0.05) is 55.2 Å². The monoisotopic (exact) mass is 572 g/mol. The number of imidazole rings is 1. The van der Waals surface area contributed by atoms with Crippen LogP contribution in [0.1, 0.15) is 69.7 Å². The average molecular weight is 573 g/mol.